The summed E-state index contributed by atoms with van der Waals surface area (Å²) >= 11 is 1.43. The number of nitrogens with one attached hydrogen (secondary N) is 1. The minimum Gasteiger partial charge on any atom is -0.497 e. The number of nitrogens with zero attached hydrogens (tertiary/aromatic N) is 1. The van der Waals surface area contributed by atoms with Crippen molar-refractivity contribution < 1.29 is 24.3 Å². The van der Waals surface area contributed by atoms with Crippen LogP contribution in [0.2, 0.25) is 0 Å². The van der Waals surface area contributed by atoms with Crippen LogP contribution in [0.15, 0.2) is 59.5 Å². The molecule has 0 bridgehead atoms. The Bertz CT molecular complexity index is 969. The van der Waals surface area contributed by atoms with Gasteiger partial charge in [-0.05, 0) is 42.2 Å². The van der Waals surface area contributed by atoms with Crippen LogP contribution in [0, 0.1) is 17.8 Å². The molecular formula is C26H35N3O5S. The van der Waals surface area contributed by atoms with Gasteiger partial charge in [0.2, 0.25) is 17.7 Å². The van der Waals surface area contributed by atoms with Crippen molar-refractivity contribution >= 4 is 29.5 Å². The average molecular weight is 502 g/mol. The van der Waals surface area contributed by atoms with E-state index >= 15 is 0 Å². The molecule has 0 aromatic heterocycles. The maximum atomic E-state index is 13.7. The highest BCUT2D eigenvalue weighted by Crippen LogP contribution is 2.30. The zero-order chi connectivity index (χ0) is 26.0. The molecule has 2 unspecified atom stereocenters. The van der Waals surface area contributed by atoms with Crippen LogP contribution in [0.5, 0.6) is 5.75 Å². The number of ether oxygens (including phenoxy) is 1. The third-order valence-corrected chi connectivity index (χ3v) is 7.01. The topological polar surface area (TPSA) is 122 Å². The van der Waals surface area contributed by atoms with E-state index in [1.807, 2.05) is 56.3 Å². The fourth-order valence-electron chi connectivity index (χ4n) is 3.93. The van der Waals surface area contributed by atoms with Gasteiger partial charge in [-0.3, -0.25) is 19.6 Å². The second-order valence-electron chi connectivity index (χ2n) is 8.86. The fourth-order valence-corrected chi connectivity index (χ4v) is 5.04. The number of hydroxylamine groups is 1. The van der Waals surface area contributed by atoms with E-state index in [1.54, 1.807) is 24.7 Å². The second kappa shape index (κ2) is 13.7. The maximum Gasteiger partial charge on any atom is 0.248 e. The van der Waals surface area contributed by atoms with Gasteiger partial charge in [-0.2, -0.15) is 0 Å². The van der Waals surface area contributed by atoms with Crippen LogP contribution < -0.4 is 16.0 Å². The van der Waals surface area contributed by atoms with Gasteiger partial charge in [0.1, 0.15) is 11.8 Å². The number of hydrogen-bond acceptors (Lipinski definition) is 6. The Balaban J connectivity index is 2.29. The first-order valence-corrected chi connectivity index (χ1v) is 12.5. The molecule has 190 valence electrons. The molecular weight excluding hydrogens is 466 g/mol. The Labute approximate surface area is 211 Å². The third-order valence-electron chi connectivity index (χ3n) is 5.88. The summed E-state index contributed by atoms with van der Waals surface area (Å²) in [5, 5.41) is 9.42. The van der Waals surface area contributed by atoms with Crippen LogP contribution in [0.4, 0.5) is 0 Å². The largest absolute Gasteiger partial charge is 0.497 e. The molecule has 3 amide bonds. The van der Waals surface area contributed by atoms with Crippen molar-refractivity contribution in [2.45, 2.75) is 37.6 Å². The Morgan fingerprint density at radius 2 is 1.69 bits per heavy atom. The Kier molecular flexibility index (Phi) is 11.1. The molecule has 2 aromatic carbocycles. The lowest BCUT2D eigenvalue weighted by molar-refractivity contribution is -0.147. The second-order valence-corrected chi connectivity index (χ2v) is 9.96. The monoisotopic (exact) mass is 501 g/mol. The number of amides is 3. The standard InChI is InChI=1S/C26H35N3O5S/c1-17(2)14-21(22(25(31)28-33)16-35-20-8-6-5-7-9-20)26(32)29(3)23(24(27)30)15-18-10-12-19(34-4)13-11-18/h5-13,17,21-23,33H,14-16H2,1-4H3,(H2,27,30)(H,28,31)/t21?,22?,23-/m0/s1. The smallest absolute Gasteiger partial charge is 0.248 e. The number of methoxy groups -OCH3 is 1. The summed E-state index contributed by atoms with van der Waals surface area (Å²) in [6.45, 7) is 3.92. The summed E-state index contributed by atoms with van der Waals surface area (Å²) in [6, 6.07) is 15.8. The van der Waals surface area contributed by atoms with E-state index in [0.717, 1.165) is 10.5 Å². The number of nitrogens with two attached hydrogens (primary N) is 1. The number of likely N-dealkylation sites (N-methyl/N-ethyl adjacent to an activating group) is 1. The van der Waals surface area contributed by atoms with Crippen molar-refractivity contribution in [3.63, 3.8) is 0 Å². The molecule has 8 nitrogen and oxygen atoms in total. The predicted molar refractivity (Wildman–Crippen MR) is 136 cm³/mol. The number of primary amides is 1. The van der Waals surface area contributed by atoms with E-state index in [9.17, 15) is 19.6 Å². The number of rotatable bonds is 13. The number of carbonyl (C=O) groups is 3. The van der Waals surface area contributed by atoms with Crippen molar-refractivity contribution in [1.82, 2.24) is 10.4 Å². The van der Waals surface area contributed by atoms with E-state index in [-0.39, 0.29) is 24.0 Å². The molecule has 0 heterocycles. The van der Waals surface area contributed by atoms with Crippen LogP contribution in [0.1, 0.15) is 25.8 Å². The summed E-state index contributed by atoms with van der Waals surface area (Å²) < 4.78 is 5.17. The van der Waals surface area contributed by atoms with Crippen molar-refractivity contribution in [2.24, 2.45) is 23.5 Å². The van der Waals surface area contributed by atoms with Gasteiger partial charge in [0.15, 0.2) is 0 Å². The van der Waals surface area contributed by atoms with Crippen LogP contribution in [0.3, 0.4) is 0 Å². The molecule has 0 aliphatic heterocycles. The van der Waals surface area contributed by atoms with Gasteiger partial charge in [0.05, 0.1) is 18.9 Å². The molecule has 0 saturated heterocycles. The predicted octanol–water partition coefficient (Wildman–Crippen LogP) is 3.13. The molecule has 2 aromatic rings. The van der Waals surface area contributed by atoms with Crippen molar-refractivity contribution in [3.05, 3.63) is 60.2 Å². The Hall–Kier alpha value is -3.04. The van der Waals surface area contributed by atoms with Crippen LogP contribution in [-0.2, 0) is 20.8 Å². The molecule has 0 aliphatic carbocycles. The highest BCUT2D eigenvalue weighted by atomic mass is 32.2. The third kappa shape index (κ3) is 8.29. The van der Waals surface area contributed by atoms with E-state index in [0.29, 0.717) is 12.2 Å². The lowest BCUT2D eigenvalue weighted by Gasteiger charge is -2.33. The van der Waals surface area contributed by atoms with E-state index < -0.39 is 29.7 Å². The van der Waals surface area contributed by atoms with Gasteiger partial charge in [-0.15, -0.1) is 11.8 Å². The van der Waals surface area contributed by atoms with Crippen molar-refractivity contribution in [2.75, 3.05) is 19.9 Å². The molecule has 0 spiro atoms. The molecule has 0 aliphatic rings. The molecule has 4 N–H and O–H groups in total. The Morgan fingerprint density at radius 1 is 1.06 bits per heavy atom. The maximum absolute atomic E-state index is 13.7. The summed E-state index contributed by atoms with van der Waals surface area (Å²) in [5.41, 5.74) is 8.24. The molecule has 35 heavy (non-hydrogen) atoms. The minimum atomic E-state index is -0.898. The highest BCUT2D eigenvalue weighted by molar-refractivity contribution is 7.99. The normalized spacial score (nSPS) is 13.5. The summed E-state index contributed by atoms with van der Waals surface area (Å²) in [7, 11) is 3.10. The fraction of sp³-hybridized carbons (Fsp3) is 0.423. The average Bonchev–Trinajstić information content (AvgIpc) is 2.86. The zero-order valence-electron chi connectivity index (χ0n) is 20.6. The lowest BCUT2D eigenvalue weighted by Crippen LogP contribution is -2.51. The van der Waals surface area contributed by atoms with Crippen molar-refractivity contribution in [1.29, 1.82) is 0 Å². The quantitative estimate of drug-likeness (QED) is 0.220. The number of benzene rings is 2. The molecule has 9 heteroatoms. The van der Waals surface area contributed by atoms with E-state index in [1.165, 1.54) is 23.7 Å². The summed E-state index contributed by atoms with van der Waals surface area (Å²) in [4.78, 5) is 41.1. The molecule has 3 atom stereocenters. The van der Waals surface area contributed by atoms with Gasteiger partial charge in [-0.1, -0.05) is 44.2 Å². The Morgan fingerprint density at radius 3 is 2.20 bits per heavy atom. The molecule has 0 fully saturated rings. The first-order valence-electron chi connectivity index (χ1n) is 11.5. The number of thioether (sulfide) groups is 1. The van der Waals surface area contributed by atoms with Crippen molar-refractivity contribution in [3.8, 4) is 5.75 Å². The van der Waals surface area contributed by atoms with Crippen LogP contribution in [0.25, 0.3) is 0 Å². The number of hydrogen-bond donors (Lipinski definition) is 3. The number of carbonyl (C=O) groups excluding carboxylic acids is 3. The zero-order valence-corrected chi connectivity index (χ0v) is 21.5. The van der Waals surface area contributed by atoms with Crippen LogP contribution >= 0.6 is 11.8 Å². The first-order chi connectivity index (χ1) is 16.7. The first kappa shape index (κ1) is 28.2. The SMILES string of the molecule is COc1ccc(C[C@@H](C(N)=O)N(C)C(=O)C(CC(C)C)C(CSc2ccccc2)C(=O)NO)cc1. The van der Waals surface area contributed by atoms with E-state index in [2.05, 4.69) is 0 Å². The minimum absolute atomic E-state index is 0.0988. The molecule has 2 rings (SSSR count). The van der Waals surface area contributed by atoms with Gasteiger partial charge < -0.3 is 15.4 Å². The van der Waals surface area contributed by atoms with Gasteiger partial charge in [-0.25, -0.2) is 5.48 Å². The summed E-state index contributed by atoms with van der Waals surface area (Å²) in [5.74, 6) is -2.13. The van der Waals surface area contributed by atoms with Gasteiger partial charge in [0.25, 0.3) is 0 Å². The van der Waals surface area contributed by atoms with Gasteiger partial charge in [0, 0.05) is 24.1 Å². The van der Waals surface area contributed by atoms with E-state index in [4.69, 9.17) is 10.5 Å². The van der Waals surface area contributed by atoms with Crippen LogP contribution in [-0.4, -0.2) is 53.8 Å². The lowest BCUT2D eigenvalue weighted by atomic mass is 9.84. The van der Waals surface area contributed by atoms with Gasteiger partial charge >= 0.3 is 0 Å². The summed E-state index contributed by atoms with van der Waals surface area (Å²) in [6.07, 6.45) is 0.635. The highest BCUT2D eigenvalue weighted by Gasteiger charge is 2.38. The molecule has 0 radical (unpaired) electrons. The molecule has 0 saturated carbocycles.